The molecular weight excluding hydrogens is 1100 g/mol. The first-order chi connectivity index (χ1) is 42.8. The molecule has 2 unspecified atom stereocenters. The molecule has 0 heterocycles. The number of esters is 2. The summed E-state index contributed by atoms with van der Waals surface area (Å²) in [5.74, 6) is -0.810. The molecule has 0 amide bonds. The Bertz CT molecular complexity index is 1610. The lowest BCUT2D eigenvalue weighted by atomic mass is 10.0. The van der Waals surface area contributed by atoms with Crippen LogP contribution in [-0.2, 0) is 32.7 Å². The highest BCUT2D eigenvalue weighted by Crippen LogP contribution is 2.43. The lowest BCUT2D eigenvalue weighted by Crippen LogP contribution is -2.29. The van der Waals surface area contributed by atoms with E-state index in [2.05, 4.69) is 74.6 Å². The van der Waals surface area contributed by atoms with Crippen molar-refractivity contribution in [1.82, 2.24) is 0 Å². The van der Waals surface area contributed by atoms with E-state index in [4.69, 9.17) is 24.3 Å². The SMILES string of the molecule is CC/C=C\C/C=C\C/C=C\C/C=C\CCCCCCCCCCCCCCCCC(=O)OC(COC(=O)CCCCCCCCCCCCCCCCCCCCCCCCCCCCC/C=C\CCCCCCCCCC)COP(=O)(O)OCCN. The molecule has 2 atom stereocenters. The fourth-order valence-corrected chi connectivity index (χ4v) is 12.1. The van der Waals surface area contributed by atoms with Gasteiger partial charge in [0.05, 0.1) is 13.2 Å². The van der Waals surface area contributed by atoms with Gasteiger partial charge in [0.2, 0.25) is 0 Å². The van der Waals surface area contributed by atoms with E-state index in [0.29, 0.717) is 6.42 Å². The second-order valence-corrected chi connectivity index (χ2v) is 26.9. The van der Waals surface area contributed by atoms with Crippen LogP contribution in [0.5, 0.6) is 0 Å². The van der Waals surface area contributed by atoms with Gasteiger partial charge in [0.15, 0.2) is 6.10 Å². The number of hydrogen-bond donors (Lipinski definition) is 2. The molecule has 0 aromatic rings. The fourth-order valence-electron chi connectivity index (χ4n) is 11.3. The molecule has 0 aliphatic carbocycles. The Kier molecular flexibility index (Phi) is 70.9. The molecule has 0 fully saturated rings. The van der Waals surface area contributed by atoms with E-state index in [9.17, 15) is 19.0 Å². The van der Waals surface area contributed by atoms with E-state index >= 15 is 0 Å². The van der Waals surface area contributed by atoms with Gasteiger partial charge >= 0.3 is 19.8 Å². The first-order valence-corrected chi connectivity index (χ1v) is 39.3. The number of phosphoric ester groups is 1. The Morgan fingerprint density at radius 2 is 0.632 bits per heavy atom. The average molecular weight is 1240 g/mol. The number of unbranched alkanes of at least 4 members (excludes halogenated alkanes) is 49. The molecule has 0 rings (SSSR count). The Morgan fingerprint density at radius 1 is 0.356 bits per heavy atom. The molecule has 10 heteroatoms. The zero-order chi connectivity index (χ0) is 63.0. The van der Waals surface area contributed by atoms with Crippen molar-refractivity contribution in [3.05, 3.63) is 60.8 Å². The van der Waals surface area contributed by atoms with Gasteiger partial charge in [0.1, 0.15) is 6.61 Å². The van der Waals surface area contributed by atoms with Crippen LogP contribution in [0, 0.1) is 0 Å². The fraction of sp³-hybridized carbons (Fsp3) is 0.844. The Balaban J connectivity index is 3.76. The molecule has 0 saturated heterocycles. The van der Waals surface area contributed by atoms with E-state index in [1.165, 1.54) is 289 Å². The molecule has 0 saturated carbocycles. The van der Waals surface area contributed by atoms with Gasteiger partial charge < -0.3 is 20.1 Å². The minimum absolute atomic E-state index is 0.0540. The molecule has 0 aliphatic rings. The highest BCUT2D eigenvalue weighted by Gasteiger charge is 2.26. The molecule has 510 valence electrons. The molecule has 3 N–H and O–H groups in total. The minimum atomic E-state index is -4.39. The number of phosphoric acid groups is 1. The van der Waals surface area contributed by atoms with Gasteiger partial charge in [-0.05, 0) is 77.0 Å². The molecule has 0 aliphatic heterocycles. The molecule has 9 nitrogen and oxygen atoms in total. The summed E-state index contributed by atoms with van der Waals surface area (Å²) in [5.41, 5.74) is 5.41. The third-order valence-corrected chi connectivity index (χ3v) is 17.9. The third-order valence-electron chi connectivity index (χ3n) is 16.9. The third kappa shape index (κ3) is 72.6. The van der Waals surface area contributed by atoms with Gasteiger partial charge in [-0.3, -0.25) is 18.6 Å². The van der Waals surface area contributed by atoms with E-state index in [-0.39, 0.29) is 38.6 Å². The van der Waals surface area contributed by atoms with Gasteiger partial charge in [-0.2, -0.15) is 0 Å². The molecule has 0 bridgehead atoms. The lowest BCUT2D eigenvalue weighted by molar-refractivity contribution is -0.161. The monoisotopic (exact) mass is 1240 g/mol. The standard InChI is InChI=1S/C77H144NO8P/c1-3-5-7-9-11-13-15-17-19-21-23-25-27-29-31-32-33-34-35-36-37-38-39-40-41-42-44-45-47-49-51-53-55-57-59-61-63-65-67-69-76(79)83-73-75(74-85-87(81,82)84-72-71-78)86-77(80)70-68-66-64-62-60-58-56-54-52-50-48-46-43-30-28-26-24-22-20-18-16-14-12-10-8-6-4-2/h6,8,12,14,18,20-21,23-24,26,75H,3-5,7,9-11,13,15-17,19,22,25,27-74,78H2,1-2H3,(H,81,82)/b8-6-,14-12-,20-18-,23-21-,26-24-. The molecule has 0 aromatic carbocycles. The van der Waals surface area contributed by atoms with E-state index in [1.807, 2.05) is 0 Å². The second-order valence-electron chi connectivity index (χ2n) is 25.5. The Morgan fingerprint density at radius 3 is 0.954 bits per heavy atom. The molecular formula is C77H144NO8P. The van der Waals surface area contributed by atoms with Crippen molar-refractivity contribution < 1.29 is 37.6 Å². The highest BCUT2D eigenvalue weighted by molar-refractivity contribution is 7.47. The smallest absolute Gasteiger partial charge is 0.462 e. The maximum atomic E-state index is 12.8. The summed E-state index contributed by atoms with van der Waals surface area (Å²) in [6, 6.07) is 0. The van der Waals surface area contributed by atoms with Crippen LogP contribution in [-0.4, -0.2) is 49.3 Å². The van der Waals surface area contributed by atoms with Gasteiger partial charge in [0.25, 0.3) is 0 Å². The van der Waals surface area contributed by atoms with Gasteiger partial charge in [-0.1, -0.05) is 357 Å². The zero-order valence-electron chi connectivity index (χ0n) is 57.5. The van der Waals surface area contributed by atoms with Gasteiger partial charge in [0, 0.05) is 19.4 Å². The molecule has 87 heavy (non-hydrogen) atoms. The van der Waals surface area contributed by atoms with Crippen molar-refractivity contribution in [3.8, 4) is 0 Å². The van der Waals surface area contributed by atoms with Crippen molar-refractivity contribution >= 4 is 19.8 Å². The van der Waals surface area contributed by atoms with Crippen LogP contribution >= 0.6 is 7.82 Å². The number of carbonyl (C=O) groups is 2. The lowest BCUT2D eigenvalue weighted by Gasteiger charge is -2.19. The van der Waals surface area contributed by atoms with Crippen molar-refractivity contribution in [2.75, 3.05) is 26.4 Å². The van der Waals surface area contributed by atoms with Crippen LogP contribution in [0.2, 0.25) is 0 Å². The van der Waals surface area contributed by atoms with E-state index in [1.54, 1.807) is 0 Å². The van der Waals surface area contributed by atoms with Crippen LogP contribution < -0.4 is 5.73 Å². The summed E-state index contributed by atoms with van der Waals surface area (Å²) in [6.45, 7) is 3.69. The Labute approximate surface area is 539 Å². The number of rotatable bonds is 72. The Hall–Kier alpha value is -2.29. The van der Waals surface area contributed by atoms with E-state index in [0.717, 1.165) is 64.2 Å². The molecule has 0 radical (unpaired) electrons. The number of hydrogen-bond acceptors (Lipinski definition) is 8. The average Bonchev–Trinajstić information content (AvgIpc) is 3.62. The van der Waals surface area contributed by atoms with Crippen LogP contribution in [0.1, 0.15) is 386 Å². The predicted octanol–water partition coefficient (Wildman–Crippen LogP) is 25.0. The number of allylic oxidation sites excluding steroid dienone is 10. The summed E-state index contributed by atoms with van der Waals surface area (Å²) in [4.78, 5) is 35.4. The summed E-state index contributed by atoms with van der Waals surface area (Å²) >= 11 is 0. The predicted molar refractivity (Wildman–Crippen MR) is 376 cm³/mol. The van der Waals surface area contributed by atoms with Gasteiger partial charge in [-0.25, -0.2) is 4.57 Å². The first-order valence-electron chi connectivity index (χ1n) is 37.8. The summed E-state index contributed by atoms with van der Waals surface area (Å²) in [6.07, 6.45) is 95.0. The van der Waals surface area contributed by atoms with Crippen molar-refractivity contribution in [3.63, 3.8) is 0 Å². The van der Waals surface area contributed by atoms with Crippen LogP contribution in [0.4, 0.5) is 0 Å². The van der Waals surface area contributed by atoms with Crippen LogP contribution in [0.15, 0.2) is 60.8 Å². The molecule has 0 spiro atoms. The largest absolute Gasteiger partial charge is 0.472 e. The summed E-state index contributed by atoms with van der Waals surface area (Å²) in [7, 11) is -4.39. The van der Waals surface area contributed by atoms with Crippen molar-refractivity contribution in [1.29, 1.82) is 0 Å². The first kappa shape index (κ1) is 84.7. The second kappa shape index (κ2) is 72.8. The topological polar surface area (TPSA) is 134 Å². The normalized spacial score (nSPS) is 13.2. The van der Waals surface area contributed by atoms with E-state index < -0.39 is 26.5 Å². The number of nitrogens with two attached hydrogens (primary N) is 1. The quantitative estimate of drug-likeness (QED) is 0.0264. The summed E-state index contributed by atoms with van der Waals surface area (Å²) < 4.78 is 33.2. The van der Waals surface area contributed by atoms with Gasteiger partial charge in [-0.15, -0.1) is 0 Å². The maximum absolute atomic E-state index is 12.8. The number of ether oxygens (including phenoxy) is 2. The van der Waals surface area contributed by atoms with Crippen LogP contribution in [0.3, 0.4) is 0 Å². The maximum Gasteiger partial charge on any atom is 0.472 e. The molecule has 0 aromatic heterocycles. The van der Waals surface area contributed by atoms with Crippen molar-refractivity contribution in [2.24, 2.45) is 5.73 Å². The zero-order valence-corrected chi connectivity index (χ0v) is 58.4. The number of carbonyl (C=O) groups excluding carboxylic acids is 2. The minimum Gasteiger partial charge on any atom is -0.462 e. The summed E-state index contributed by atoms with van der Waals surface area (Å²) in [5, 5.41) is 0. The highest BCUT2D eigenvalue weighted by atomic mass is 31.2. The van der Waals surface area contributed by atoms with Crippen LogP contribution in [0.25, 0.3) is 0 Å². The van der Waals surface area contributed by atoms with Crippen molar-refractivity contribution in [2.45, 2.75) is 392 Å².